The van der Waals surface area contributed by atoms with Gasteiger partial charge < -0.3 is 10.1 Å². The molecular formula is C22H18F6N4O2. The first-order valence-corrected chi connectivity index (χ1v) is 10.2. The molecular weight excluding hydrogens is 466 g/mol. The molecule has 0 saturated heterocycles. The molecule has 0 fully saturated rings. The van der Waals surface area contributed by atoms with Crippen LogP contribution >= 0.6 is 0 Å². The van der Waals surface area contributed by atoms with E-state index in [0.717, 1.165) is 24.3 Å². The second-order valence-electron chi connectivity index (χ2n) is 7.91. The van der Waals surface area contributed by atoms with E-state index in [1.165, 1.54) is 18.2 Å². The molecule has 1 unspecified atom stereocenters. The Bertz CT molecular complexity index is 1170. The van der Waals surface area contributed by atoms with Crippen LogP contribution in [0.3, 0.4) is 0 Å². The van der Waals surface area contributed by atoms with Crippen LogP contribution < -0.4 is 15.5 Å². The Morgan fingerprint density at radius 1 is 1.12 bits per heavy atom. The van der Waals surface area contributed by atoms with Gasteiger partial charge in [0.15, 0.2) is 0 Å². The Balaban J connectivity index is 1.57. The first kappa shape index (κ1) is 23.6. The minimum atomic E-state index is -4.84. The highest BCUT2D eigenvalue weighted by molar-refractivity contribution is 6.45. The van der Waals surface area contributed by atoms with Crippen LogP contribution in [0.25, 0.3) is 0 Å². The van der Waals surface area contributed by atoms with Gasteiger partial charge in [-0.15, -0.1) is 13.2 Å². The van der Waals surface area contributed by atoms with Crippen molar-refractivity contribution in [2.45, 2.75) is 44.3 Å². The van der Waals surface area contributed by atoms with Crippen molar-refractivity contribution in [1.29, 1.82) is 0 Å². The van der Waals surface area contributed by atoms with E-state index in [9.17, 15) is 31.1 Å². The zero-order valence-corrected chi connectivity index (χ0v) is 17.6. The van der Waals surface area contributed by atoms with Crippen molar-refractivity contribution in [2.75, 3.05) is 5.32 Å². The Hall–Kier alpha value is -3.57. The molecule has 12 heteroatoms. The highest BCUT2D eigenvalue weighted by Gasteiger charge is 2.46. The minimum absolute atomic E-state index is 0.175. The number of carbonyl (C=O) groups is 1. The number of hydrogen-bond acceptors (Lipinski definition) is 5. The molecule has 1 aliphatic carbocycles. The summed E-state index contributed by atoms with van der Waals surface area (Å²) in [5.41, 5.74) is 2.87. The number of nitrogens with zero attached hydrogens (tertiary/aromatic N) is 2. The van der Waals surface area contributed by atoms with Crippen molar-refractivity contribution in [2.24, 2.45) is 10.1 Å². The molecule has 6 nitrogen and oxygen atoms in total. The quantitative estimate of drug-likeness (QED) is 0.584. The number of rotatable bonds is 5. The number of hydrazone groups is 1. The summed E-state index contributed by atoms with van der Waals surface area (Å²) in [5.74, 6) is -1.45. The summed E-state index contributed by atoms with van der Waals surface area (Å²) >= 11 is 0. The highest BCUT2D eigenvalue weighted by Crippen LogP contribution is 2.39. The number of amidine groups is 1. The van der Waals surface area contributed by atoms with E-state index in [1.54, 1.807) is 0 Å². The number of ether oxygens (including phenoxy) is 1. The molecule has 180 valence electrons. The van der Waals surface area contributed by atoms with Crippen molar-refractivity contribution < 1.29 is 35.9 Å². The number of aliphatic imine (C=N–C) groups is 1. The SMILES string of the molecule is CCCC12Cc3cc(C(F)(F)F)ccc3C1=NC(C(=O)Nc1ccc(OC(F)(F)F)cc1)=NN2. The number of amides is 1. The number of anilines is 1. The molecule has 1 amide bonds. The summed E-state index contributed by atoms with van der Waals surface area (Å²) in [6.07, 6.45) is -7.88. The standard InChI is InChI=1S/C22H18F6N4O2/c1-2-9-20-11-12-10-13(21(23,24)25)3-8-16(12)17(20)30-18(31-32-20)19(33)29-14-4-6-15(7-5-14)34-22(26,27)28/h3-8,10,32H,2,9,11H2,1H3,(H,29,33). The number of hydrogen-bond donors (Lipinski definition) is 2. The normalized spacial score (nSPS) is 19.4. The van der Waals surface area contributed by atoms with E-state index in [1.807, 2.05) is 6.92 Å². The molecule has 2 N–H and O–H groups in total. The van der Waals surface area contributed by atoms with Crippen LogP contribution in [0.15, 0.2) is 52.6 Å². The number of fused-ring (bicyclic) bond motifs is 3. The fourth-order valence-electron chi connectivity index (χ4n) is 4.08. The maximum atomic E-state index is 13.2. The Morgan fingerprint density at radius 2 is 1.82 bits per heavy atom. The lowest BCUT2D eigenvalue weighted by atomic mass is 9.89. The third-order valence-electron chi connectivity index (χ3n) is 5.45. The molecule has 4 rings (SSSR count). The first-order chi connectivity index (χ1) is 15.9. The van der Waals surface area contributed by atoms with Crippen LogP contribution in [-0.2, 0) is 17.4 Å². The molecule has 0 spiro atoms. The number of alkyl halides is 6. The Morgan fingerprint density at radius 3 is 2.44 bits per heavy atom. The van der Waals surface area contributed by atoms with Gasteiger partial charge in [-0.1, -0.05) is 19.4 Å². The molecule has 34 heavy (non-hydrogen) atoms. The molecule has 2 aliphatic rings. The van der Waals surface area contributed by atoms with Gasteiger partial charge in [-0.05, 0) is 48.4 Å². The smallest absolute Gasteiger partial charge is 0.406 e. The monoisotopic (exact) mass is 484 g/mol. The second-order valence-corrected chi connectivity index (χ2v) is 7.91. The third kappa shape index (κ3) is 4.70. The van der Waals surface area contributed by atoms with Crippen molar-refractivity contribution >= 4 is 23.1 Å². The predicted molar refractivity (Wildman–Crippen MR) is 112 cm³/mol. The molecule has 1 heterocycles. The zero-order chi connectivity index (χ0) is 24.7. The van der Waals surface area contributed by atoms with E-state index >= 15 is 0 Å². The molecule has 0 bridgehead atoms. The zero-order valence-electron chi connectivity index (χ0n) is 17.6. The Labute approximate surface area is 189 Å². The molecule has 1 atom stereocenters. The molecule has 2 aromatic carbocycles. The lowest BCUT2D eigenvalue weighted by Gasteiger charge is -2.32. The van der Waals surface area contributed by atoms with Crippen molar-refractivity contribution in [3.63, 3.8) is 0 Å². The van der Waals surface area contributed by atoms with Crippen LogP contribution in [0.4, 0.5) is 32.0 Å². The lowest BCUT2D eigenvalue weighted by molar-refractivity contribution is -0.274. The van der Waals surface area contributed by atoms with Gasteiger partial charge in [0.05, 0.1) is 11.3 Å². The average molecular weight is 484 g/mol. The summed E-state index contributed by atoms with van der Waals surface area (Å²) in [6.45, 7) is 1.91. The van der Waals surface area contributed by atoms with E-state index < -0.39 is 35.3 Å². The van der Waals surface area contributed by atoms with Crippen LogP contribution in [0.2, 0.25) is 0 Å². The predicted octanol–water partition coefficient (Wildman–Crippen LogP) is 5.04. The van der Waals surface area contributed by atoms with Gasteiger partial charge in [0, 0.05) is 17.7 Å². The molecule has 2 aromatic rings. The summed E-state index contributed by atoms with van der Waals surface area (Å²) in [7, 11) is 0. The molecule has 0 radical (unpaired) electrons. The summed E-state index contributed by atoms with van der Waals surface area (Å²) in [5, 5.41) is 6.53. The highest BCUT2D eigenvalue weighted by atomic mass is 19.4. The van der Waals surface area contributed by atoms with Crippen LogP contribution in [0.1, 0.15) is 36.5 Å². The molecule has 0 aromatic heterocycles. The van der Waals surface area contributed by atoms with Gasteiger partial charge in [0.2, 0.25) is 5.84 Å². The van der Waals surface area contributed by atoms with Gasteiger partial charge in [0.1, 0.15) is 11.3 Å². The van der Waals surface area contributed by atoms with Crippen molar-refractivity contribution in [1.82, 2.24) is 5.43 Å². The summed E-state index contributed by atoms with van der Waals surface area (Å²) < 4.78 is 80.1. The molecule has 1 aliphatic heterocycles. The topological polar surface area (TPSA) is 75.1 Å². The van der Waals surface area contributed by atoms with Crippen molar-refractivity contribution in [3.05, 3.63) is 59.2 Å². The number of nitrogens with one attached hydrogen (secondary N) is 2. The average Bonchev–Trinajstić information content (AvgIpc) is 3.06. The van der Waals surface area contributed by atoms with Gasteiger partial charge in [-0.2, -0.15) is 18.3 Å². The number of benzene rings is 2. The van der Waals surface area contributed by atoms with Gasteiger partial charge in [0.25, 0.3) is 5.91 Å². The van der Waals surface area contributed by atoms with Gasteiger partial charge >= 0.3 is 12.5 Å². The largest absolute Gasteiger partial charge is 0.573 e. The fraction of sp³-hybridized carbons (Fsp3) is 0.318. The summed E-state index contributed by atoms with van der Waals surface area (Å²) in [6, 6.07) is 7.90. The van der Waals surface area contributed by atoms with Crippen LogP contribution in [0.5, 0.6) is 5.75 Å². The van der Waals surface area contributed by atoms with E-state index in [2.05, 4.69) is 25.6 Å². The van der Waals surface area contributed by atoms with E-state index in [4.69, 9.17) is 0 Å². The van der Waals surface area contributed by atoms with Crippen molar-refractivity contribution in [3.8, 4) is 5.75 Å². The number of halogens is 6. The molecule has 0 saturated carbocycles. The van der Waals surface area contributed by atoms with Gasteiger partial charge in [-0.25, -0.2) is 4.99 Å². The first-order valence-electron chi connectivity index (χ1n) is 10.2. The third-order valence-corrected chi connectivity index (χ3v) is 5.45. The van der Waals surface area contributed by atoms with E-state index in [-0.39, 0.29) is 17.9 Å². The van der Waals surface area contributed by atoms with Crippen LogP contribution in [-0.4, -0.2) is 29.4 Å². The van der Waals surface area contributed by atoms with Gasteiger partial charge in [-0.3, -0.25) is 10.2 Å². The summed E-state index contributed by atoms with van der Waals surface area (Å²) in [4.78, 5) is 17.0. The lowest BCUT2D eigenvalue weighted by Crippen LogP contribution is -2.52. The maximum Gasteiger partial charge on any atom is 0.573 e. The van der Waals surface area contributed by atoms with Crippen LogP contribution in [0, 0.1) is 0 Å². The Kier molecular flexibility index (Phi) is 5.78. The fourth-order valence-corrected chi connectivity index (χ4v) is 4.08. The number of carbonyl (C=O) groups excluding carboxylic acids is 1. The second kappa shape index (κ2) is 8.33. The minimum Gasteiger partial charge on any atom is -0.406 e. The maximum absolute atomic E-state index is 13.2. The van der Waals surface area contributed by atoms with E-state index in [0.29, 0.717) is 29.7 Å².